The summed E-state index contributed by atoms with van der Waals surface area (Å²) < 4.78 is 24.6. The topological polar surface area (TPSA) is 49.5 Å². The third kappa shape index (κ3) is 5.21. The summed E-state index contributed by atoms with van der Waals surface area (Å²) in [6.45, 7) is 0.634. The summed E-state index contributed by atoms with van der Waals surface area (Å²) in [6.07, 6.45) is -2.39. The molecular formula is C12H18F2N2O. The lowest BCUT2D eigenvalue weighted by atomic mass is 10.1. The van der Waals surface area contributed by atoms with Crippen LogP contribution in [0.2, 0.25) is 0 Å². The molecule has 0 atom stereocenters. The van der Waals surface area contributed by atoms with Gasteiger partial charge in [0, 0.05) is 19.6 Å². The lowest BCUT2D eigenvalue weighted by Gasteiger charge is -2.21. The van der Waals surface area contributed by atoms with Crippen molar-refractivity contribution in [3.63, 3.8) is 0 Å². The SMILES string of the molecule is NCc1cccc(CN(CCO)CC(F)F)c1. The summed E-state index contributed by atoms with van der Waals surface area (Å²) in [7, 11) is 0. The second-order valence-corrected chi connectivity index (χ2v) is 3.87. The zero-order valence-corrected chi connectivity index (χ0v) is 9.65. The van der Waals surface area contributed by atoms with Gasteiger partial charge < -0.3 is 10.8 Å². The lowest BCUT2D eigenvalue weighted by Crippen LogP contribution is -2.31. The number of alkyl halides is 2. The number of hydrogen-bond donors (Lipinski definition) is 2. The van der Waals surface area contributed by atoms with Gasteiger partial charge >= 0.3 is 0 Å². The van der Waals surface area contributed by atoms with Gasteiger partial charge in [-0.3, -0.25) is 4.90 Å². The number of nitrogens with zero attached hydrogens (tertiary/aromatic N) is 1. The minimum atomic E-state index is -2.39. The molecule has 0 unspecified atom stereocenters. The van der Waals surface area contributed by atoms with Gasteiger partial charge in [-0.05, 0) is 11.1 Å². The van der Waals surface area contributed by atoms with E-state index < -0.39 is 6.43 Å². The molecule has 0 heterocycles. The normalized spacial score (nSPS) is 11.4. The predicted molar refractivity (Wildman–Crippen MR) is 62.7 cm³/mol. The van der Waals surface area contributed by atoms with Gasteiger partial charge in [-0.2, -0.15) is 0 Å². The Bertz CT molecular complexity index is 334. The molecule has 0 amide bonds. The van der Waals surface area contributed by atoms with Gasteiger partial charge in [-0.1, -0.05) is 24.3 Å². The molecule has 0 fully saturated rings. The Hall–Kier alpha value is -1.04. The molecule has 3 N–H and O–H groups in total. The van der Waals surface area contributed by atoms with Crippen molar-refractivity contribution >= 4 is 0 Å². The number of aliphatic hydroxyl groups is 1. The molecule has 96 valence electrons. The maximum atomic E-state index is 12.3. The fraction of sp³-hybridized carbons (Fsp3) is 0.500. The van der Waals surface area contributed by atoms with Crippen LogP contribution < -0.4 is 5.73 Å². The van der Waals surface area contributed by atoms with E-state index in [1.807, 2.05) is 24.3 Å². The van der Waals surface area contributed by atoms with E-state index >= 15 is 0 Å². The van der Waals surface area contributed by atoms with Crippen molar-refractivity contribution in [2.75, 3.05) is 19.7 Å². The highest BCUT2D eigenvalue weighted by atomic mass is 19.3. The van der Waals surface area contributed by atoms with Gasteiger partial charge in [-0.15, -0.1) is 0 Å². The van der Waals surface area contributed by atoms with Gasteiger partial charge in [0.05, 0.1) is 13.2 Å². The Labute approximate surface area is 99.8 Å². The van der Waals surface area contributed by atoms with Crippen LogP contribution in [-0.2, 0) is 13.1 Å². The minimum absolute atomic E-state index is 0.122. The summed E-state index contributed by atoms with van der Waals surface area (Å²) in [5.74, 6) is 0. The number of benzene rings is 1. The molecule has 0 aliphatic heterocycles. The Morgan fingerprint density at radius 1 is 1.29 bits per heavy atom. The van der Waals surface area contributed by atoms with Gasteiger partial charge in [-0.25, -0.2) is 8.78 Å². The smallest absolute Gasteiger partial charge is 0.251 e. The van der Waals surface area contributed by atoms with E-state index in [2.05, 4.69) is 0 Å². The monoisotopic (exact) mass is 244 g/mol. The van der Waals surface area contributed by atoms with Crippen LogP contribution in [0.25, 0.3) is 0 Å². The lowest BCUT2D eigenvalue weighted by molar-refractivity contribution is 0.0746. The number of halogens is 2. The highest BCUT2D eigenvalue weighted by Crippen LogP contribution is 2.09. The molecule has 0 saturated heterocycles. The second kappa shape index (κ2) is 7.32. The molecule has 0 radical (unpaired) electrons. The highest BCUT2D eigenvalue weighted by Gasteiger charge is 2.12. The molecule has 3 nitrogen and oxygen atoms in total. The third-order valence-electron chi connectivity index (χ3n) is 2.45. The maximum Gasteiger partial charge on any atom is 0.251 e. The van der Waals surface area contributed by atoms with Crippen molar-refractivity contribution in [3.05, 3.63) is 35.4 Å². The molecule has 0 aromatic heterocycles. The predicted octanol–water partition coefficient (Wildman–Crippen LogP) is 1.20. The minimum Gasteiger partial charge on any atom is -0.395 e. The first kappa shape index (κ1) is 14.0. The summed E-state index contributed by atoms with van der Waals surface area (Å²) in [6, 6.07) is 7.52. The second-order valence-electron chi connectivity index (χ2n) is 3.87. The van der Waals surface area contributed by atoms with Crippen molar-refractivity contribution < 1.29 is 13.9 Å². The molecule has 5 heteroatoms. The zero-order valence-electron chi connectivity index (χ0n) is 9.65. The highest BCUT2D eigenvalue weighted by molar-refractivity contribution is 5.23. The van der Waals surface area contributed by atoms with Crippen LogP contribution in [0.3, 0.4) is 0 Å². The van der Waals surface area contributed by atoms with E-state index in [0.29, 0.717) is 13.1 Å². The quantitative estimate of drug-likeness (QED) is 0.758. The summed E-state index contributed by atoms with van der Waals surface area (Å²) in [4.78, 5) is 1.53. The first-order valence-corrected chi connectivity index (χ1v) is 5.55. The molecule has 0 bridgehead atoms. The van der Waals surface area contributed by atoms with Gasteiger partial charge in [0.25, 0.3) is 6.43 Å². The van der Waals surface area contributed by atoms with Crippen molar-refractivity contribution in [2.45, 2.75) is 19.5 Å². The molecule has 17 heavy (non-hydrogen) atoms. The molecule has 1 aromatic carbocycles. The van der Waals surface area contributed by atoms with E-state index in [0.717, 1.165) is 11.1 Å². The number of rotatable bonds is 7. The van der Waals surface area contributed by atoms with Gasteiger partial charge in [0.1, 0.15) is 0 Å². The van der Waals surface area contributed by atoms with Crippen molar-refractivity contribution in [2.24, 2.45) is 5.73 Å². The summed E-state index contributed by atoms with van der Waals surface area (Å²) in [5.41, 5.74) is 7.42. The first-order chi connectivity index (χ1) is 8.15. The molecule has 0 spiro atoms. The molecule has 0 aliphatic rings. The Morgan fingerprint density at radius 2 is 2.00 bits per heavy atom. The first-order valence-electron chi connectivity index (χ1n) is 5.55. The van der Waals surface area contributed by atoms with Gasteiger partial charge in [0.15, 0.2) is 0 Å². The zero-order chi connectivity index (χ0) is 12.7. The Kier molecular flexibility index (Phi) is 6.04. The molecule has 1 aromatic rings. The Balaban J connectivity index is 2.64. The van der Waals surface area contributed by atoms with E-state index in [-0.39, 0.29) is 19.7 Å². The standard InChI is InChI=1S/C12H18F2N2O/c13-12(14)9-16(4-5-17)8-11-3-1-2-10(6-11)7-15/h1-3,6,12,17H,4-5,7-9,15H2. The fourth-order valence-corrected chi connectivity index (χ4v) is 1.68. The summed E-state index contributed by atoms with van der Waals surface area (Å²) in [5, 5.41) is 8.82. The molecular weight excluding hydrogens is 226 g/mol. The number of nitrogens with two attached hydrogens (primary N) is 1. The van der Waals surface area contributed by atoms with Crippen molar-refractivity contribution in [1.82, 2.24) is 4.90 Å². The van der Waals surface area contributed by atoms with E-state index in [1.54, 1.807) is 0 Å². The van der Waals surface area contributed by atoms with E-state index in [9.17, 15) is 8.78 Å². The number of hydrogen-bond acceptors (Lipinski definition) is 3. The van der Waals surface area contributed by atoms with Gasteiger partial charge in [0.2, 0.25) is 0 Å². The van der Waals surface area contributed by atoms with E-state index in [4.69, 9.17) is 10.8 Å². The van der Waals surface area contributed by atoms with E-state index in [1.165, 1.54) is 4.90 Å². The van der Waals surface area contributed by atoms with Crippen molar-refractivity contribution in [1.29, 1.82) is 0 Å². The van der Waals surface area contributed by atoms with Crippen LogP contribution in [0.1, 0.15) is 11.1 Å². The van der Waals surface area contributed by atoms with Crippen LogP contribution >= 0.6 is 0 Å². The van der Waals surface area contributed by atoms with Crippen molar-refractivity contribution in [3.8, 4) is 0 Å². The molecule has 0 aliphatic carbocycles. The van der Waals surface area contributed by atoms with Crippen LogP contribution in [0.5, 0.6) is 0 Å². The molecule has 1 rings (SSSR count). The largest absolute Gasteiger partial charge is 0.395 e. The summed E-state index contributed by atoms with van der Waals surface area (Å²) >= 11 is 0. The molecule has 0 saturated carbocycles. The third-order valence-corrected chi connectivity index (χ3v) is 2.45. The Morgan fingerprint density at radius 3 is 2.59 bits per heavy atom. The van der Waals surface area contributed by atoms with Crippen LogP contribution in [-0.4, -0.2) is 36.1 Å². The number of aliphatic hydroxyl groups excluding tert-OH is 1. The van der Waals surface area contributed by atoms with Crippen LogP contribution in [0.15, 0.2) is 24.3 Å². The fourth-order valence-electron chi connectivity index (χ4n) is 1.68. The van der Waals surface area contributed by atoms with Crippen LogP contribution in [0, 0.1) is 0 Å². The maximum absolute atomic E-state index is 12.3. The average Bonchev–Trinajstić information content (AvgIpc) is 2.29. The average molecular weight is 244 g/mol. The van der Waals surface area contributed by atoms with Crippen LogP contribution in [0.4, 0.5) is 8.78 Å².